The van der Waals surface area contributed by atoms with Gasteiger partial charge in [-0.3, -0.25) is 0 Å². The third-order valence-electron chi connectivity index (χ3n) is 3.27. The van der Waals surface area contributed by atoms with Gasteiger partial charge in [0.1, 0.15) is 5.82 Å². The van der Waals surface area contributed by atoms with E-state index in [0.717, 1.165) is 23.0 Å². The summed E-state index contributed by atoms with van der Waals surface area (Å²) in [6.07, 6.45) is 0.919. The fraction of sp³-hybridized carbons (Fsp3) is 0.412. The van der Waals surface area contributed by atoms with Gasteiger partial charge in [-0.05, 0) is 66.9 Å². The van der Waals surface area contributed by atoms with Crippen molar-refractivity contribution in [3.63, 3.8) is 0 Å². The maximum Gasteiger partial charge on any atom is 0.123 e. The first-order chi connectivity index (χ1) is 9.83. The minimum absolute atomic E-state index is 0.0572. The molecule has 1 heterocycles. The van der Waals surface area contributed by atoms with E-state index in [0.29, 0.717) is 0 Å². The lowest BCUT2D eigenvalue weighted by Gasteiger charge is -2.25. The van der Waals surface area contributed by atoms with Crippen molar-refractivity contribution in [1.82, 2.24) is 5.32 Å². The zero-order valence-corrected chi connectivity index (χ0v) is 15.0. The highest BCUT2D eigenvalue weighted by atomic mass is 79.9. The molecule has 0 aliphatic carbocycles. The molecular formula is C17H21BrFNS. The molecule has 1 aromatic heterocycles. The van der Waals surface area contributed by atoms with E-state index in [1.54, 1.807) is 23.5 Å². The molecule has 1 aromatic carbocycles. The summed E-state index contributed by atoms with van der Waals surface area (Å²) < 4.78 is 14.6. The van der Waals surface area contributed by atoms with Gasteiger partial charge >= 0.3 is 0 Å². The Morgan fingerprint density at radius 1 is 1.29 bits per heavy atom. The Hall–Kier alpha value is -0.710. The fourth-order valence-electron chi connectivity index (χ4n) is 2.20. The molecule has 1 atom stereocenters. The van der Waals surface area contributed by atoms with E-state index in [9.17, 15) is 4.39 Å². The molecule has 0 aliphatic heterocycles. The Balaban J connectivity index is 2.17. The third-order valence-corrected chi connectivity index (χ3v) is 4.99. The van der Waals surface area contributed by atoms with Crippen molar-refractivity contribution in [3.05, 3.63) is 56.4 Å². The first-order valence-corrected chi connectivity index (χ1v) is 8.74. The molecule has 0 saturated carbocycles. The number of nitrogens with one attached hydrogen (secondary N) is 1. The summed E-state index contributed by atoms with van der Waals surface area (Å²) in [5.74, 6) is 0.103. The van der Waals surface area contributed by atoms with Crippen LogP contribution in [0.4, 0.5) is 4.39 Å². The van der Waals surface area contributed by atoms with Gasteiger partial charge in [0.2, 0.25) is 0 Å². The predicted molar refractivity (Wildman–Crippen MR) is 92.6 cm³/mol. The monoisotopic (exact) mass is 369 g/mol. The highest BCUT2D eigenvalue weighted by molar-refractivity contribution is 9.10. The van der Waals surface area contributed by atoms with Gasteiger partial charge in [0.15, 0.2) is 0 Å². The Bertz CT molecular complexity index is 588. The van der Waals surface area contributed by atoms with Crippen molar-refractivity contribution >= 4 is 27.3 Å². The highest BCUT2D eigenvalue weighted by Crippen LogP contribution is 2.27. The number of hydrogen-bond donors (Lipinski definition) is 1. The van der Waals surface area contributed by atoms with E-state index in [-0.39, 0.29) is 17.3 Å². The highest BCUT2D eigenvalue weighted by Gasteiger charge is 2.17. The first-order valence-electron chi connectivity index (χ1n) is 7.07. The molecule has 0 aliphatic rings. The number of hydrogen-bond acceptors (Lipinski definition) is 2. The summed E-state index contributed by atoms with van der Waals surface area (Å²) in [7, 11) is 0. The molecule has 2 aromatic rings. The second kappa shape index (κ2) is 7.03. The Labute approximate surface area is 138 Å². The maximum atomic E-state index is 13.5. The number of thiophene rings is 1. The van der Waals surface area contributed by atoms with Crippen LogP contribution >= 0.6 is 27.3 Å². The van der Waals surface area contributed by atoms with Crippen molar-refractivity contribution in [2.24, 2.45) is 0 Å². The average Bonchev–Trinajstić information content (AvgIpc) is 2.79. The molecule has 1 N–H and O–H groups in total. The molecule has 2 rings (SSSR count). The second-order valence-electron chi connectivity index (χ2n) is 6.32. The summed E-state index contributed by atoms with van der Waals surface area (Å²) in [6.45, 7) is 7.29. The van der Waals surface area contributed by atoms with E-state index in [2.05, 4.69) is 53.5 Å². The molecule has 0 amide bonds. The van der Waals surface area contributed by atoms with Gasteiger partial charge < -0.3 is 5.32 Å². The fourth-order valence-corrected chi connectivity index (χ4v) is 3.73. The Kier molecular flexibility index (Phi) is 5.58. The van der Waals surface area contributed by atoms with Gasteiger partial charge in [-0.25, -0.2) is 4.39 Å². The molecule has 4 heteroatoms. The van der Waals surface area contributed by atoms with Crippen LogP contribution in [-0.4, -0.2) is 12.1 Å². The van der Waals surface area contributed by atoms with Crippen molar-refractivity contribution < 1.29 is 4.39 Å². The van der Waals surface area contributed by atoms with Crippen LogP contribution in [0, 0.1) is 5.82 Å². The molecular weight excluding hydrogens is 349 g/mol. The Morgan fingerprint density at radius 3 is 2.62 bits per heavy atom. The largest absolute Gasteiger partial charge is 0.311 e. The molecule has 0 fully saturated rings. The summed E-state index contributed by atoms with van der Waals surface area (Å²) in [6, 6.07) is 9.10. The topological polar surface area (TPSA) is 12.0 Å². The molecule has 0 radical (unpaired) electrons. The van der Waals surface area contributed by atoms with Crippen LogP contribution in [-0.2, 0) is 6.42 Å². The van der Waals surface area contributed by atoms with Gasteiger partial charge in [0, 0.05) is 32.7 Å². The van der Waals surface area contributed by atoms with Crippen molar-refractivity contribution in [2.75, 3.05) is 6.54 Å². The first kappa shape index (κ1) is 16.7. The van der Waals surface area contributed by atoms with Crippen LogP contribution < -0.4 is 5.32 Å². The SMILES string of the molecule is CC(C)(C)NCC(Cc1cc(Br)cs1)c1cccc(F)c1. The zero-order valence-electron chi connectivity index (χ0n) is 12.6. The van der Waals surface area contributed by atoms with Gasteiger partial charge in [0.05, 0.1) is 0 Å². The molecule has 0 bridgehead atoms. The Morgan fingerprint density at radius 2 is 2.05 bits per heavy atom. The quantitative estimate of drug-likeness (QED) is 0.747. The lowest BCUT2D eigenvalue weighted by Crippen LogP contribution is -2.39. The molecule has 21 heavy (non-hydrogen) atoms. The number of rotatable bonds is 5. The lowest BCUT2D eigenvalue weighted by molar-refractivity contribution is 0.405. The third kappa shape index (κ3) is 5.53. The van der Waals surface area contributed by atoms with E-state index in [1.165, 1.54) is 10.9 Å². The van der Waals surface area contributed by atoms with Gasteiger partial charge in [0.25, 0.3) is 0 Å². The molecule has 1 nitrogen and oxygen atoms in total. The lowest BCUT2D eigenvalue weighted by atomic mass is 9.93. The van der Waals surface area contributed by atoms with Crippen LogP contribution in [0.2, 0.25) is 0 Å². The van der Waals surface area contributed by atoms with Crippen molar-refractivity contribution in [1.29, 1.82) is 0 Å². The van der Waals surface area contributed by atoms with Crippen LogP contribution in [0.5, 0.6) is 0 Å². The van der Waals surface area contributed by atoms with E-state index in [4.69, 9.17) is 0 Å². The predicted octanol–water partition coefficient (Wildman–Crippen LogP) is 5.36. The van der Waals surface area contributed by atoms with Gasteiger partial charge in [-0.15, -0.1) is 11.3 Å². The zero-order chi connectivity index (χ0) is 15.5. The maximum absolute atomic E-state index is 13.5. The van der Waals surface area contributed by atoms with E-state index >= 15 is 0 Å². The van der Waals surface area contributed by atoms with Gasteiger partial charge in [-0.2, -0.15) is 0 Å². The normalized spacial score (nSPS) is 13.4. The van der Waals surface area contributed by atoms with Crippen molar-refractivity contribution in [3.8, 4) is 0 Å². The minimum Gasteiger partial charge on any atom is -0.311 e. The molecule has 114 valence electrons. The second-order valence-corrected chi connectivity index (χ2v) is 8.23. The summed E-state index contributed by atoms with van der Waals surface area (Å²) in [5.41, 5.74) is 1.11. The van der Waals surface area contributed by atoms with Crippen LogP contribution in [0.15, 0.2) is 40.2 Å². The van der Waals surface area contributed by atoms with Crippen LogP contribution in [0.1, 0.15) is 37.1 Å². The number of benzene rings is 1. The van der Waals surface area contributed by atoms with E-state index in [1.807, 2.05) is 6.07 Å². The molecule has 0 saturated heterocycles. The number of halogens is 2. The minimum atomic E-state index is -0.166. The smallest absolute Gasteiger partial charge is 0.123 e. The van der Waals surface area contributed by atoms with Crippen LogP contribution in [0.3, 0.4) is 0 Å². The summed E-state index contributed by atoms with van der Waals surface area (Å²) >= 11 is 5.24. The summed E-state index contributed by atoms with van der Waals surface area (Å²) in [5, 5.41) is 5.63. The van der Waals surface area contributed by atoms with Gasteiger partial charge in [-0.1, -0.05) is 12.1 Å². The van der Waals surface area contributed by atoms with E-state index < -0.39 is 0 Å². The van der Waals surface area contributed by atoms with Crippen molar-refractivity contribution in [2.45, 2.75) is 38.6 Å². The average molecular weight is 370 g/mol. The standard InChI is InChI=1S/C17H21BrFNS/c1-17(2,3)20-10-13(8-16-9-14(18)11-21-16)12-5-4-6-15(19)7-12/h4-7,9,11,13,20H,8,10H2,1-3H3. The molecule has 0 spiro atoms. The summed E-state index contributed by atoms with van der Waals surface area (Å²) in [4.78, 5) is 1.31. The molecule has 1 unspecified atom stereocenters. The van der Waals surface area contributed by atoms with Crippen LogP contribution in [0.25, 0.3) is 0 Å².